The van der Waals surface area contributed by atoms with E-state index in [1.54, 1.807) is 12.1 Å². The minimum atomic E-state index is -0.180. The Hall–Kier alpha value is -1.39. The zero-order chi connectivity index (χ0) is 14.8. The van der Waals surface area contributed by atoms with Crippen LogP contribution in [0.2, 0.25) is 0 Å². The van der Waals surface area contributed by atoms with Gasteiger partial charge in [-0.05, 0) is 42.3 Å². The topological polar surface area (TPSA) is 29.3 Å². The van der Waals surface area contributed by atoms with Crippen molar-refractivity contribution in [3.05, 3.63) is 64.4 Å². The lowest BCUT2D eigenvalue weighted by Gasteiger charge is -2.38. The van der Waals surface area contributed by atoms with E-state index in [1.165, 1.54) is 6.07 Å². The van der Waals surface area contributed by atoms with Gasteiger partial charge in [0.25, 0.3) is 0 Å². The van der Waals surface area contributed by atoms with E-state index in [2.05, 4.69) is 33.0 Å². The molecule has 0 bridgehead atoms. The molecule has 1 aliphatic rings. The number of nitrogens with zero attached hydrogens (tertiary/aromatic N) is 1. The van der Waals surface area contributed by atoms with Crippen molar-refractivity contribution in [1.82, 2.24) is 0 Å². The molecule has 3 rings (SSSR count). The molecule has 1 aliphatic heterocycles. The Morgan fingerprint density at radius 1 is 1.10 bits per heavy atom. The first-order valence-corrected chi connectivity index (χ1v) is 7.92. The summed E-state index contributed by atoms with van der Waals surface area (Å²) >= 11 is 3.51. The lowest BCUT2D eigenvalue weighted by Crippen LogP contribution is -2.46. The minimum Gasteiger partial charge on any atom is -0.369 e. The molecule has 2 nitrogen and oxygen atoms in total. The maximum absolute atomic E-state index is 13.4. The summed E-state index contributed by atoms with van der Waals surface area (Å²) in [5.74, 6) is 0.0871. The van der Waals surface area contributed by atoms with Crippen molar-refractivity contribution in [1.29, 1.82) is 0 Å². The highest BCUT2D eigenvalue weighted by atomic mass is 79.9. The van der Waals surface area contributed by atoms with Gasteiger partial charge < -0.3 is 10.6 Å². The molecule has 110 valence electrons. The Bertz CT molecular complexity index is 578. The van der Waals surface area contributed by atoms with Crippen LogP contribution in [0.1, 0.15) is 17.9 Å². The van der Waals surface area contributed by atoms with Gasteiger partial charge in [0.05, 0.1) is 0 Å². The molecule has 2 aromatic carbocycles. The van der Waals surface area contributed by atoms with Gasteiger partial charge >= 0.3 is 0 Å². The number of anilines is 1. The number of hydrogen-bond acceptors (Lipinski definition) is 2. The molecule has 2 aromatic rings. The van der Waals surface area contributed by atoms with E-state index < -0.39 is 0 Å². The van der Waals surface area contributed by atoms with Gasteiger partial charge in [-0.15, -0.1) is 0 Å². The molecule has 4 heteroatoms. The zero-order valence-corrected chi connectivity index (χ0v) is 13.3. The van der Waals surface area contributed by atoms with Crippen molar-refractivity contribution in [2.24, 2.45) is 5.73 Å². The lowest BCUT2D eigenvalue weighted by atomic mass is 9.88. The Balaban J connectivity index is 1.85. The normalized spacial score (nSPS) is 22.3. The monoisotopic (exact) mass is 348 g/mol. The summed E-state index contributed by atoms with van der Waals surface area (Å²) in [4.78, 5) is 2.29. The van der Waals surface area contributed by atoms with Crippen LogP contribution in [0.15, 0.2) is 53.0 Å². The average Bonchev–Trinajstić information content (AvgIpc) is 2.46. The molecule has 2 atom stereocenters. The predicted molar refractivity (Wildman–Crippen MR) is 88.1 cm³/mol. The molecule has 0 radical (unpaired) electrons. The molecule has 2 unspecified atom stereocenters. The first kappa shape index (κ1) is 14.5. The van der Waals surface area contributed by atoms with E-state index >= 15 is 0 Å². The van der Waals surface area contributed by atoms with Crippen molar-refractivity contribution in [2.75, 3.05) is 18.0 Å². The molecule has 0 amide bonds. The summed E-state index contributed by atoms with van der Waals surface area (Å²) in [6.07, 6.45) is 0.897. The second-order valence-electron chi connectivity index (χ2n) is 5.63. The fraction of sp³-hybridized carbons (Fsp3) is 0.294. The van der Waals surface area contributed by atoms with Gasteiger partial charge in [0.2, 0.25) is 0 Å². The summed E-state index contributed by atoms with van der Waals surface area (Å²) < 4.78 is 14.5. The molecule has 1 fully saturated rings. The Kier molecular flexibility index (Phi) is 4.27. The van der Waals surface area contributed by atoms with Crippen LogP contribution in [0, 0.1) is 5.82 Å². The van der Waals surface area contributed by atoms with Crippen molar-refractivity contribution in [3.8, 4) is 0 Å². The largest absolute Gasteiger partial charge is 0.369 e. The third kappa shape index (κ3) is 3.44. The Morgan fingerprint density at radius 2 is 1.90 bits per heavy atom. The molecule has 21 heavy (non-hydrogen) atoms. The minimum absolute atomic E-state index is 0.103. The van der Waals surface area contributed by atoms with Gasteiger partial charge in [0, 0.05) is 35.2 Å². The van der Waals surface area contributed by atoms with Crippen LogP contribution in [0.25, 0.3) is 0 Å². The summed E-state index contributed by atoms with van der Waals surface area (Å²) in [5.41, 5.74) is 8.41. The number of piperidine rings is 1. The zero-order valence-electron chi connectivity index (χ0n) is 11.7. The van der Waals surface area contributed by atoms with Crippen LogP contribution >= 0.6 is 15.9 Å². The first-order valence-electron chi connectivity index (χ1n) is 7.13. The van der Waals surface area contributed by atoms with Gasteiger partial charge in [-0.25, -0.2) is 4.39 Å². The van der Waals surface area contributed by atoms with Crippen LogP contribution in [0.5, 0.6) is 0 Å². The fourth-order valence-electron chi connectivity index (χ4n) is 3.02. The maximum atomic E-state index is 13.4. The second kappa shape index (κ2) is 6.16. The van der Waals surface area contributed by atoms with E-state index in [-0.39, 0.29) is 17.8 Å². The Morgan fingerprint density at radius 3 is 2.67 bits per heavy atom. The molecule has 1 saturated heterocycles. The van der Waals surface area contributed by atoms with Crippen LogP contribution < -0.4 is 10.6 Å². The second-order valence-corrected chi connectivity index (χ2v) is 6.55. The summed E-state index contributed by atoms with van der Waals surface area (Å²) in [5, 5.41) is 0. The van der Waals surface area contributed by atoms with Crippen LogP contribution in [-0.2, 0) is 0 Å². The molecule has 0 aliphatic carbocycles. The average molecular weight is 349 g/mol. The molecular formula is C17H18BrFN2. The van der Waals surface area contributed by atoms with E-state index in [4.69, 9.17) is 5.73 Å². The molecule has 0 aromatic heterocycles. The molecule has 0 spiro atoms. The van der Waals surface area contributed by atoms with Gasteiger partial charge in [-0.2, -0.15) is 0 Å². The Labute approximate surface area is 132 Å². The SMILES string of the molecule is NC1CC(c2cccc(F)c2)CN(c2cccc(Br)c2)C1. The first-order chi connectivity index (χ1) is 10.1. The standard InChI is InChI=1S/C17H18BrFN2/c18-14-4-2-6-17(9-14)21-10-13(8-16(20)11-21)12-3-1-5-15(19)7-12/h1-7,9,13,16H,8,10-11,20H2. The molecular weight excluding hydrogens is 331 g/mol. The van der Waals surface area contributed by atoms with Crippen LogP contribution in [0.3, 0.4) is 0 Å². The number of halogens is 2. The predicted octanol–water partition coefficient (Wildman–Crippen LogP) is 3.91. The molecule has 0 saturated carbocycles. The van der Waals surface area contributed by atoms with Crippen molar-refractivity contribution in [3.63, 3.8) is 0 Å². The van der Waals surface area contributed by atoms with E-state index in [1.807, 2.05) is 18.2 Å². The lowest BCUT2D eigenvalue weighted by molar-refractivity contribution is 0.452. The van der Waals surface area contributed by atoms with E-state index in [0.717, 1.165) is 35.2 Å². The van der Waals surface area contributed by atoms with E-state index in [9.17, 15) is 4.39 Å². The fourth-order valence-corrected chi connectivity index (χ4v) is 3.41. The quantitative estimate of drug-likeness (QED) is 0.891. The third-order valence-electron chi connectivity index (χ3n) is 3.98. The van der Waals surface area contributed by atoms with Gasteiger partial charge in [0.15, 0.2) is 0 Å². The van der Waals surface area contributed by atoms with Gasteiger partial charge in [-0.3, -0.25) is 0 Å². The van der Waals surface area contributed by atoms with Crippen LogP contribution in [0.4, 0.5) is 10.1 Å². The number of hydrogen-bond donors (Lipinski definition) is 1. The van der Waals surface area contributed by atoms with Crippen LogP contribution in [-0.4, -0.2) is 19.1 Å². The van der Waals surface area contributed by atoms with E-state index in [0.29, 0.717) is 0 Å². The van der Waals surface area contributed by atoms with Gasteiger partial charge in [0.1, 0.15) is 5.82 Å². The van der Waals surface area contributed by atoms with Crippen molar-refractivity contribution < 1.29 is 4.39 Å². The highest BCUT2D eigenvalue weighted by molar-refractivity contribution is 9.10. The molecule has 2 N–H and O–H groups in total. The highest BCUT2D eigenvalue weighted by Gasteiger charge is 2.26. The summed E-state index contributed by atoms with van der Waals surface area (Å²) in [7, 11) is 0. The number of nitrogens with two attached hydrogens (primary N) is 1. The third-order valence-corrected chi connectivity index (χ3v) is 4.47. The molecule has 1 heterocycles. The van der Waals surface area contributed by atoms with Crippen molar-refractivity contribution >= 4 is 21.6 Å². The highest BCUT2D eigenvalue weighted by Crippen LogP contribution is 2.30. The van der Waals surface area contributed by atoms with Crippen molar-refractivity contribution in [2.45, 2.75) is 18.4 Å². The summed E-state index contributed by atoms with van der Waals surface area (Å²) in [6, 6.07) is 15.2. The number of rotatable bonds is 2. The number of benzene rings is 2. The van der Waals surface area contributed by atoms with Gasteiger partial charge in [-0.1, -0.05) is 34.1 Å². The summed E-state index contributed by atoms with van der Waals surface area (Å²) in [6.45, 7) is 1.70. The maximum Gasteiger partial charge on any atom is 0.123 e. The smallest absolute Gasteiger partial charge is 0.123 e.